The molecule has 0 aliphatic heterocycles. The minimum absolute atomic E-state index is 0.252. The fourth-order valence-electron chi connectivity index (χ4n) is 2.22. The van der Waals surface area contributed by atoms with Crippen LogP contribution in [0.1, 0.15) is 22.8 Å². The van der Waals surface area contributed by atoms with Crippen molar-refractivity contribution in [2.75, 3.05) is 0 Å². The number of para-hydroxylation sites is 1. The molecule has 1 aromatic carbocycles. The number of hydrazone groups is 1. The zero-order valence-corrected chi connectivity index (χ0v) is 12.7. The van der Waals surface area contributed by atoms with Crippen LogP contribution in [0.15, 0.2) is 78.4 Å². The second kappa shape index (κ2) is 6.70. The number of carbonyl (C=O) groups excluding carboxylic acids is 1. The number of nitrogens with zero attached hydrogens (tertiary/aromatic N) is 3. The molecule has 5 nitrogen and oxygen atoms in total. The van der Waals surface area contributed by atoms with Crippen LogP contribution in [0.2, 0.25) is 0 Å². The molecule has 114 valence electrons. The lowest BCUT2D eigenvalue weighted by molar-refractivity contribution is 0.0955. The van der Waals surface area contributed by atoms with Gasteiger partial charge in [-0.3, -0.25) is 9.78 Å². The van der Waals surface area contributed by atoms with Crippen LogP contribution in [0.3, 0.4) is 0 Å². The second-order valence-electron chi connectivity index (χ2n) is 4.99. The van der Waals surface area contributed by atoms with E-state index in [0.717, 1.165) is 11.3 Å². The summed E-state index contributed by atoms with van der Waals surface area (Å²) in [5, 5.41) is 4.16. The van der Waals surface area contributed by atoms with Gasteiger partial charge in [0.1, 0.15) is 0 Å². The topological polar surface area (TPSA) is 59.3 Å². The predicted octanol–water partition coefficient (Wildman–Crippen LogP) is 3.03. The van der Waals surface area contributed by atoms with Crippen LogP contribution in [0.4, 0.5) is 0 Å². The average Bonchev–Trinajstić information content (AvgIpc) is 3.14. The largest absolute Gasteiger partial charge is 0.323 e. The second-order valence-corrected chi connectivity index (χ2v) is 4.99. The van der Waals surface area contributed by atoms with E-state index in [2.05, 4.69) is 15.5 Å². The van der Waals surface area contributed by atoms with Crippen molar-refractivity contribution in [2.45, 2.75) is 6.92 Å². The van der Waals surface area contributed by atoms with Gasteiger partial charge in [-0.25, -0.2) is 5.43 Å². The number of hydrogen-bond acceptors (Lipinski definition) is 3. The zero-order chi connectivity index (χ0) is 16.1. The van der Waals surface area contributed by atoms with Gasteiger partial charge in [-0.2, -0.15) is 5.10 Å². The molecule has 0 saturated carbocycles. The highest BCUT2D eigenvalue weighted by molar-refractivity contribution is 6.01. The van der Waals surface area contributed by atoms with Gasteiger partial charge in [0.05, 0.1) is 17.0 Å². The monoisotopic (exact) mass is 304 g/mol. The normalized spacial score (nSPS) is 11.3. The van der Waals surface area contributed by atoms with Crippen molar-refractivity contribution < 1.29 is 4.79 Å². The quantitative estimate of drug-likeness (QED) is 0.595. The van der Waals surface area contributed by atoms with Crippen molar-refractivity contribution in [2.24, 2.45) is 5.10 Å². The highest BCUT2D eigenvalue weighted by Gasteiger charge is 2.11. The van der Waals surface area contributed by atoms with Gasteiger partial charge in [-0.05, 0) is 37.3 Å². The third-order valence-corrected chi connectivity index (χ3v) is 3.44. The zero-order valence-electron chi connectivity index (χ0n) is 12.7. The van der Waals surface area contributed by atoms with E-state index in [1.165, 1.54) is 0 Å². The Morgan fingerprint density at radius 1 is 1.09 bits per heavy atom. The summed E-state index contributed by atoms with van der Waals surface area (Å²) >= 11 is 0. The molecule has 2 aromatic heterocycles. The number of pyridine rings is 1. The molecule has 0 fully saturated rings. The molecule has 0 saturated heterocycles. The summed E-state index contributed by atoms with van der Waals surface area (Å²) in [5.41, 5.74) is 5.54. The summed E-state index contributed by atoms with van der Waals surface area (Å²) in [4.78, 5) is 16.5. The van der Waals surface area contributed by atoms with Gasteiger partial charge >= 0.3 is 0 Å². The highest BCUT2D eigenvalue weighted by atomic mass is 16.2. The fourth-order valence-corrected chi connectivity index (χ4v) is 2.22. The molecule has 0 unspecified atom stereocenters. The first-order valence-corrected chi connectivity index (χ1v) is 7.23. The van der Waals surface area contributed by atoms with E-state index in [0.29, 0.717) is 11.3 Å². The molecule has 0 aliphatic rings. The number of nitrogens with one attached hydrogen (secondary N) is 1. The molecule has 0 bridgehead atoms. The summed E-state index contributed by atoms with van der Waals surface area (Å²) < 4.78 is 1.90. The molecular weight excluding hydrogens is 288 g/mol. The molecule has 3 rings (SSSR count). The van der Waals surface area contributed by atoms with Crippen molar-refractivity contribution in [1.29, 1.82) is 0 Å². The molecule has 2 heterocycles. The Kier molecular flexibility index (Phi) is 4.29. The van der Waals surface area contributed by atoms with E-state index in [1.54, 1.807) is 18.5 Å². The molecule has 0 aliphatic carbocycles. The lowest BCUT2D eigenvalue weighted by Crippen LogP contribution is -2.21. The number of carbonyl (C=O) groups is 1. The van der Waals surface area contributed by atoms with Gasteiger partial charge in [-0.15, -0.1) is 0 Å². The van der Waals surface area contributed by atoms with Gasteiger partial charge < -0.3 is 4.57 Å². The summed E-state index contributed by atoms with van der Waals surface area (Å²) in [5.74, 6) is -0.252. The molecule has 1 amide bonds. The molecule has 3 aromatic rings. The number of amides is 1. The Labute approximate surface area is 134 Å². The summed E-state index contributed by atoms with van der Waals surface area (Å²) in [6.07, 6.45) is 7.20. The maximum Gasteiger partial charge on any atom is 0.273 e. The lowest BCUT2D eigenvalue weighted by atomic mass is 10.1. The van der Waals surface area contributed by atoms with Crippen molar-refractivity contribution in [3.63, 3.8) is 0 Å². The van der Waals surface area contributed by atoms with Crippen LogP contribution < -0.4 is 5.43 Å². The molecule has 0 atom stereocenters. The third kappa shape index (κ3) is 3.35. The van der Waals surface area contributed by atoms with Crippen molar-refractivity contribution in [3.8, 4) is 5.69 Å². The van der Waals surface area contributed by atoms with E-state index in [1.807, 2.05) is 66.3 Å². The van der Waals surface area contributed by atoms with Gasteiger partial charge in [0.25, 0.3) is 5.91 Å². The van der Waals surface area contributed by atoms with E-state index < -0.39 is 0 Å². The SMILES string of the molecule is C/C(=N/NC(=O)c1ccccc1-n1cccc1)c1cccnc1. The standard InChI is InChI=1S/C18H16N4O/c1-14(15-7-6-10-19-13-15)20-21-18(23)16-8-2-3-9-17(16)22-11-4-5-12-22/h2-13H,1H3,(H,21,23)/b20-14-. The predicted molar refractivity (Wildman–Crippen MR) is 89.7 cm³/mol. The van der Waals surface area contributed by atoms with Crippen LogP contribution in [-0.4, -0.2) is 21.2 Å². The van der Waals surface area contributed by atoms with Crippen LogP contribution in [-0.2, 0) is 0 Å². The smallest absolute Gasteiger partial charge is 0.273 e. The van der Waals surface area contributed by atoms with E-state index in [4.69, 9.17) is 0 Å². The Morgan fingerprint density at radius 2 is 1.87 bits per heavy atom. The Morgan fingerprint density at radius 3 is 2.61 bits per heavy atom. The van der Waals surface area contributed by atoms with E-state index in [9.17, 15) is 4.79 Å². The summed E-state index contributed by atoms with van der Waals surface area (Å²) in [6.45, 7) is 1.83. The maximum atomic E-state index is 12.4. The molecule has 23 heavy (non-hydrogen) atoms. The van der Waals surface area contributed by atoms with Crippen LogP contribution in [0, 0.1) is 0 Å². The number of hydrogen-bond donors (Lipinski definition) is 1. The Bertz CT molecular complexity index is 823. The minimum atomic E-state index is -0.252. The fraction of sp³-hybridized carbons (Fsp3) is 0.0556. The van der Waals surface area contributed by atoms with Crippen molar-refractivity contribution in [1.82, 2.24) is 15.0 Å². The number of aromatic nitrogens is 2. The first kappa shape index (κ1) is 14.7. The lowest BCUT2D eigenvalue weighted by Gasteiger charge is -2.09. The molecule has 5 heteroatoms. The van der Waals surface area contributed by atoms with Crippen molar-refractivity contribution in [3.05, 3.63) is 84.4 Å². The van der Waals surface area contributed by atoms with Gasteiger partial charge in [-0.1, -0.05) is 18.2 Å². The number of rotatable bonds is 4. The van der Waals surface area contributed by atoms with E-state index in [-0.39, 0.29) is 5.91 Å². The van der Waals surface area contributed by atoms with Crippen LogP contribution in [0.5, 0.6) is 0 Å². The maximum absolute atomic E-state index is 12.4. The van der Waals surface area contributed by atoms with Crippen molar-refractivity contribution >= 4 is 11.6 Å². The Balaban J connectivity index is 1.82. The van der Waals surface area contributed by atoms with E-state index >= 15 is 0 Å². The summed E-state index contributed by atoms with van der Waals surface area (Å²) in [7, 11) is 0. The Hall–Kier alpha value is -3.21. The third-order valence-electron chi connectivity index (χ3n) is 3.44. The summed E-state index contributed by atoms with van der Waals surface area (Å²) in [6, 6.07) is 15.0. The average molecular weight is 304 g/mol. The first-order valence-electron chi connectivity index (χ1n) is 7.23. The molecular formula is C18H16N4O. The molecule has 0 spiro atoms. The minimum Gasteiger partial charge on any atom is -0.323 e. The van der Waals surface area contributed by atoms with Gasteiger partial charge in [0, 0.05) is 30.4 Å². The first-order chi connectivity index (χ1) is 11.3. The molecule has 1 N–H and O–H groups in total. The van der Waals surface area contributed by atoms with Gasteiger partial charge in [0.15, 0.2) is 0 Å². The van der Waals surface area contributed by atoms with Crippen LogP contribution in [0.25, 0.3) is 5.69 Å². The van der Waals surface area contributed by atoms with Gasteiger partial charge in [0.2, 0.25) is 0 Å². The molecule has 0 radical (unpaired) electrons. The number of benzene rings is 1. The van der Waals surface area contributed by atoms with Crippen LogP contribution >= 0.6 is 0 Å². The highest BCUT2D eigenvalue weighted by Crippen LogP contribution is 2.14.